The average molecular weight is 640 g/mol. The fourth-order valence-electron chi connectivity index (χ4n) is 6.71. The standard InChI is InChI=1S/C34H50FN7O4/c1-7-29(43)39-30(34(46)41-18-21(4)37-22(5)19-41)23(6)25-13-14-27(26(35)17-25)38-33(45)31(24-11-9-20(3)10-12-24)40-32(44)28-15-16-36-42(28)8-2/h13-17,20-24,30-31,37H,7-12,18-19H2,1-6H3,(H,38,45)(H,39,43)(H,40,44)/t20-,21-,22+,23-,24-,30+,31-/m0/s1. The number of nitrogens with one attached hydrogen (secondary N) is 4. The Morgan fingerprint density at radius 3 is 2.28 bits per heavy atom. The van der Waals surface area contributed by atoms with Crippen molar-refractivity contribution < 1.29 is 23.6 Å². The minimum absolute atomic E-state index is 0.0202. The van der Waals surface area contributed by atoms with Gasteiger partial charge in [0.05, 0.1) is 5.69 Å². The zero-order valence-electron chi connectivity index (χ0n) is 27.9. The van der Waals surface area contributed by atoms with E-state index in [1.807, 2.05) is 20.8 Å². The second-order valence-electron chi connectivity index (χ2n) is 13.1. The molecule has 0 bridgehead atoms. The third-order valence-electron chi connectivity index (χ3n) is 9.40. The van der Waals surface area contributed by atoms with E-state index in [1.54, 1.807) is 41.8 Å². The molecule has 4 rings (SSSR count). The van der Waals surface area contributed by atoms with Crippen LogP contribution in [-0.4, -0.2) is 75.6 Å². The van der Waals surface area contributed by atoms with E-state index in [2.05, 4.69) is 33.3 Å². The fraction of sp³-hybridized carbons (Fsp3) is 0.618. The van der Waals surface area contributed by atoms with Gasteiger partial charge in [-0.1, -0.05) is 39.7 Å². The van der Waals surface area contributed by atoms with Gasteiger partial charge in [0.1, 0.15) is 23.6 Å². The summed E-state index contributed by atoms with van der Waals surface area (Å²) in [7, 11) is 0. The number of amides is 4. The minimum Gasteiger partial charge on any atom is -0.344 e. The Hall–Kier alpha value is -3.80. The quantitative estimate of drug-likeness (QED) is 0.295. The van der Waals surface area contributed by atoms with Crippen LogP contribution in [0.1, 0.15) is 95.6 Å². The van der Waals surface area contributed by atoms with E-state index in [0.29, 0.717) is 36.8 Å². The molecule has 2 fully saturated rings. The highest BCUT2D eigenvalue weighted by molar-refractivity contribution is 6.00. The third-order valence-corrected chi connectivity index (χ3v) is 9.40. The number of hydrogen-bond donors (Lipinski definition) is 4. The summed E-state index contributed by atoms with van der Waals surface area (Å²) in [5.41, 5.74) is 0.853. The van der Waals surface area contributed by atoms with Crippen molar-refractivity contribution in [1.82, 2.24) is 30.6 Å². The van der Waals surface area contributed by atoms with E-state index in [0.717, 1.165) is 25.7 Å². The van der Waals surface area contributed by atoms with Crippen LogP contribution >= 0.6 is 0 Å². The maximum atomic E-state index is 15.7. The number of hydrogen-bond acceptors (Lipinski definition) is 6. The van der Waals surface area contributed by atoms with Gasteiger partial charge in [0.2, 0.25) is 17.7 Å². The van der Waals surface area contributed by atoms with Gasteiger partial charge < -0.3 is 26.2 Å². The predicted molar refractivity (Wildman–Crippen MR) is 175 cm³/mol. The summed E-state index contributed by atoms with van der Waals surface area (Å²) in [4.78, 5) is 54.8. The molecule has 1 saturated heterocycles. The number of piperazine rings is 1. The number of aryl methyl sites for hydroxylation is 1. The van der Waals surface area contributed by atoms with Crippen LogP contribution in [-0.2, 0) is 20.9 Å². The minimum atomic E-state index is -0.880. The Balaban J connectivity index is 1.53. The largest absolute Gasteiger partial charge is 0.344 e. The molecule has 4 N–H and O–H groups in total. The normalized spacial score (nSPS) is 23.6. The molecule has 2 aromatic rings. The molecule has 2 aliphatic rings. The van der Waals surface area contributed by atoms with Gasteiger partial charge in [0, 0.05) is 50.3 Å². The number of rotatable bonds is 11. The van der Waals surface area contributed by atoms with Gasteiger partial charge in [-0.05, 0) is 69.2 Å². The third kappa shape index (κ3) is 8.51. The van der Waals surface area contributed by atoms with Crippen LogP contribution in [0, 0.1) is 17.7 Å². The SMILES string of the molecule is CCC(=O)N[C@@H](C(=O)N1C[C@@H](C)N[C@@H](C)C1)[C@@H](C)c1ccc(NC(=O)[C@@H](NC(=O)c2ccnn2CC)[C@H]2CC[C@H](C)CC2)c(F)c1. The van der Waals surface area contributed by atoms with Crippen molar-refractivity contribution in [2.75, 3.05) is 18.4 Å². The Labute approximate surface area is 271 Å². The van der Waals surface area contributed by atoms with E-state index < -0.39 is 35.6 Å². The predicted octanol–water partition coefficient (Wildman–Crippen LogP) is 3.81. The number of carbonyl (C=O) groups excluding carboxylic acids is 4. The Bertz CT molecular complexity index is 1380. The lowest BCUT2D eigenvalue weighted by molar-refractivity contribution is -0.138. The monoisotopic (exact) mass is 639 g/mol. The van der Waals surface area contributed by atoms with Crippen LogP contribution in [0.2, 0.25) is 0 Å². The first-order valence-electron chi connectivity index (χ1n) is 16.7. The van der Waals surface area contributed by atoms with Gasteiger partial charge in [-0.15, -0.1) is 0 Å². The molecule has 11 nitrogen and oxygen atoms in total. The molecule has 46 heavy (non-hydrogen) atoms. The van der Waals surface area contributed by atoms with Gasteiger partial charge in [0.15, 0.2) is 0 Å². The first-order chi connectivity index (χ1) is 21.9. The molecule has 1 aromatic heterocycles. The van der Waals surface area contributed by atoms with E-state index in [-0.39, 0.29) is 41.9 Å². The highest BCUT2D eigenvalue weighted by atomic mass is 19.1. The van der Waals surface area contributed by atoms with Crippen molar-refractivity contribution in [3.8, 4) is 0 Å². The van der Waals surface area contributed by atoms with Crippen LogP contribution in [0.25, 0.3) is 0 Å². The maximum Gasteiger partial charge on any atom is 0.270 e. The molecule has 252 valence electrons. The lowest BCUT2D eigenvalue weighted by Crippen LogP contribution is -2.60. The second kappa shape index (κ2) is 15.7. The van der Waals surface area contributed by atoms with E-state index in [1.165, 1.54) is 12.1 Å². The van der Waals surface area contributed by atoms with E-state index in [9.17, 15) is 19.2 Å². The lowest BCUT2D eigenvalue weighted by atomic mass is 9.79. The molecule has 0 spiro atoms. The average Bonchev–Trinajstić information content (AvgIpc) is 3.52. The van der Waals surface area contributed by atoms with E-state index >= 15 is 4.39 Å². The molecule has 5 atom stereocenters. The van der Waals surface area contributed by atoms with Crippen molar-refractivity contribution in [3.05, 3.63) is 47.5 Å². The van der Waals surface area contributed by atoms with Gasteiger partial charge in [-0.2, -0.15) is 5.10 Å². The molecule has 1 aromatic carbocycles. The topological polar surface area (TPSA) is 137 Å². The molecule has 12 heteroatoms. The summed E-state index contributed by atoms with van der Waals surface area (Å²) >= 11 is 0. The van der Waals surface area contributed by atoms with Crippen LogP contribution in [0.5, 0.6) is 0 Å². The van der Waals surface area contributed by atoms with Gasteiger partial charge >= 0.3 is 0 Å². The maximum absolute atomic E-state index is 15.7. The molecule has 2 heterocycles. The zero-order valence-corrected chi connectivity index (χ0v) is 27.9. The number of nitrogens with zero attached hydrogens (tertiary/aromatic N) is 3. The van der Waals surface area contributed by atoms with Crippen LogP contribution < -0.4 is 21.3 Å². The molecule has 1 aliphatic carbocycles. The van der Waals surface area contributed by atoms with Crippen molar-refractivity contribution in [2.24, 2.45) is 11.8 Å². The number of halogens is 1. The van der Waals surface area contributed by atoms with Crippen LogP contribution in [0.3, 0.4) is 0 Å². The second-order valence-corrected chi connectivity index (χ2v) is 13.1. The molecular formula is C34H50FN7O4. The van der Waals surface area contributed by atoms with Crippen molar-refractivity contribution >= 4 is 29.3 Å². The summed E-state index contributed by atoms with van der Waals surface area (Å²) in [6, 6.07) is 4.53. The Kier molecular flexibility index (Phi) is 11.9. The Morgan fingerprint density at radius 1 is 1.00 bits per heavy atom. The summed E-state index contributed by atoms with van der Waals surface area (Å²) in [6.07, 6.45) is 5.19. The molecule has 0 unspecified atom stereocenters. The van der Waals surface area contributed by atoms with Crippen molar-refractivity contribution in [1.29, 1.82) is 0 Å². The van der Waals surface area contributed by atoms with Crippen LogP contribution in [0.15, 0.2) is 30.5 Å². The molecular weight excluding hydrogens is 589 g/mol. The molecule has 1 aliphatic heterocycles. The number of carbonyl (C=O) groups is 4. The fourth-order valence-corrected chi connectivity index (χ4v) is 6.71. The summed E-state index contributed by atoms with van der Waals surface area (Å²) in [6.45, 7) is 13.1. The summed E-state index contributed by atoms with van der Waals surface area (Å²) in [5.74, 6) is -2.12. The van der Waals surface area contributed by atoms with Crippen molar-refractivity contribution in [3.63, 3.8) is 0 Å². The highest BCUT2D eigenvalue weighted by Crippen LogP contribution is 2.32. The summed E-state index contributed by atoms with van der Waals surface area (Å²) in [5, 5.41) is 16.1. The first kappa shape index (κ1) is 35.1. The summed E-state index contributed by atoms with van der Waals surface area (Å²) < 4.78 is 17.2. The molecule has 0 radical (unpaired) electrons. The lowest BCUT2D eigenvalue weighted by Gasteiger charge is -2.39. The first-order valence-corrected chi connectivity index (χ1v) is 16.7. The molecule has 1 saturated carbocycles. The van der Waals surface area contributed by atoms with Crippen LogP contribution in [0.4, 0.5) is 10.1 Å². The van der Waals surface area contributed by atoms with Gasteiger partial charge in [0.25, 0.3) is 5.91 Å². The molecule has 4 amide bonds. The van der Waals surface area contributed by atoms with Gasteiger partial charge in [-0.25, -0.2) is 4.39 Å². The number of benzene rings is 1. The van der Waals surface area contributed by atoms with E-state index in [4.69, 9.17) is 0 Å². The Morgan fingerprint density at radius 2 is 1.67 bits per heavy atom. The highest BCUT2D eigenvalue weighted by Gasteiger charge is 2.36. The smallest absolute Gasteiger partial charge is 0.270 e. The zero-order chi connectivity index (χ0) is 33.5. The van der Waals surface area contributed by atoms with Crippen molar-refractivity contribution in [2.45, 2.75) is 110 Å². The van der Waals surface area contributed by atoms with Gasteiger partial charge in [-0.3, -0.25) is 23.9 Å². The number of aromatic nitrogens is 2. The number of anilines is 1.